The van der Waals surface area contributed by atoms with Crippen molar-refractivity contribution in [2.75, 3.05) is 6.61 Å². The minimum atomic E-state index is -0.117. The van der Waals surface area contributed by atoms with Gasteiger partial charge in [0.25, 0.3) is 0 Å². The molecule has 3 heteroatoms. The van der Waals surface area contributed by atoms with Crippen LogP contribution in [0.3, 0.4) is 0 Å². The third-order valence-corrected chi connectivity index (χ3v) is 2.55. The normalized spacial score (nSPS) is 19.4. The van der Waals surface area contributed by atoms with Gasteiger partial charge in [0.15, 0.2) is 0 Å². The Balaban J connectivity index is 2.31. The summed E-state index contributed by atoms with van der Waals surface area (Å²) < 4.78 is 5.22. The predicted molar refractivity (Wildman–Crippen MR) is 69.4 cm³/mol. The van der Waals surface area contributed by atoms with E-state index in [1.165, 1.54) is 0 Å². The lowest BCUT2D eigenvalue weighted by Crippen LogP contribution is -2.23. The van der Waals surface area contributed by atoms with Gasteiger partial charge < -0.3 is 10.1 Å². The van der Waals surface area contributed by atoms with Gasteiger partial charge in [-0.25, -0.2) is 0 Å². The molecule has 0 saturated carbocycles. The van der Waals surface area contributed by atoms with Crippen LogP contribution in [0.25, 0.3) is 0 Å². The maximum Gasteiger partial charge on any atom is 0.308 e. The third kappa shape index (κ3) is 5.07. The highest BCUT2D eigenvalue weighted by Gasteiger charge is 2.13. The van der Waals surface area contributed by atoms with E-state index in [-0.39, 0.29) is 11.9 Å². The summed E-state index contributed by atoms with van der Waals surface area (Å²) in [6, 6.07) is 0.446. The Morgan fingerprint density at radius 3 is 2.65 bits per heavy atom. The van der Waals surface area contributed by atoms with E-state index in [0.717, 1.165) is 12.1 Å². The molecule has 0 aromatic rings. The van der Waals surface area contributed by atoms with E-state index in [1.54, 1.807) is 0 Å². The Morgan fingerprint density at radius 2 is 2.18 bits per heavy atom. The molecule has 0 fully saturated rings. The maximum absolute atomic E-state index is 11.3. The molecule has 0 spiro atoms. The number of allylic oxidation sites excluding steroid dienone is 2. The molecule has 0 saturated heterocycles. The lowest BCUT2D eigenvalue weighted by Gasteiger charge is -2.19. The summed E-state index contributed by atoms with van der Waals surface area (Å²) in [5.74, 6) is 0.153. The first kappa shape index (κ1) is 13.8. The average Bonchev–Trinajstić information content (AvgIpc) is 2.26. The second-order valence-electron chi connectivity index (χ2n) is 5.10. The van der Waals surface area contributed by atoms with Crippen LogP contribution in [0.5, 0.6) is 0 Å². The van der Waals surface area contributed by atoms with Crippen LogP contribution in [0.2, 0.25) is 0 Å². The third-order valence-electron chi connectivity index (χ3n) is 2.55. The lowest BCUT2D eigenvalue weighted by molar-refractivity contribution is -0.148. The second kappa shape index (κ2) is 6.48. The van der Waals surface area contributed by atoms with Crippen LogP contribution in [0.15, 0.2) is 23.9 Å². The Labute approximate surface area is 104 Å². The quantitative estimate of drug-likeness (QED) is 0.747. The van der Waals surface area contributed by atoms with Crippen molar-refractivity contribution >= 4 is 5.97 Å². The zero-order chi connectivity index (χ0) is 12.8. The molecule has 1 atom stereocenters. The number of hydrogen-bond donors (Lipinski definition) is 1. The molecule has 0 aromatic heterocycles. The Hall–Kier alpha value is -1.25. The van der Waals surface area contributed by atoms with Gasteiger partial charge in [-0.05, 0) is 26.3 Å². The number of ether oxygens (including phenoxy) is 1. The molecule has 0 bridgehead atoms. The highest BCUT2D eigenvalue weighted by Crippen LogP contribution is 2.16. The highest BCUT2D eigenvalue weighted by molar-refractivity contribution is 5.71. The van der Waals surface area contributed by atoms with Crippen LogP contribution in [0.4, 0.5) is 0 Å². The summed E-state index contributed by atoms with van der Waals surface area (Å²) in [5.41, 5.74) is 1.16. The van der Waals surface area contributed by atoms with Crippen molar-refractivity contribution in [3.63, 3.8) is 0 Å². The van der Waals surface area contributed by atoms with Gasteiger partial charge in [0.1, 0.15) is 0 Å². The molecule has 17 heavy (non-hydrogen) atoms. The molecule has 1 aliphatic rings. The summed E-state index contributed by atoms with van der Waals surface area (Å²) in [4.78, 5) is 11.3. The van der Waals surface area contributed by atoms with Gasteiger partial charge >= 0.3 is 5.97 Å². The first-order valence-electron chi connectivity index (χ1n) is 6.30. The van der Waals surface area contributed by atoms with Crippen LogP contribution in [-0.2, 0) is 9.53 Å². The SMILES string of the molecule is CC(C)NC1=CCC(COC(=O)C(C)C)C=C1. The van der Waals surface area contributed by atoms with E-state index in [4.69, 9.17) is 4.74 Å². The molecule has 0 radical (unpaired) electrons. The smallest absolute Gasteiger partial charge is 0.308 e. The predicted octanol–water partition coefficient (Wildman–Crippen LogP) is 2.64. The van der Waals surface area contributed by atoms with E-state index < -0.39 is 0 Å². The monoisotopic (exact) mass is 237 g/mol. The average molecular weight is 237 g/mol. The van der Waals surface area contributed by atoms with Gasteiger partial charge in [0, 0.05) is 17.7 Å². The first-order valence-corrected chi connectivity index (χ1v) is 6.30. The number of rotatable bonds is 5. The van der Waals surface area contributed by atoms with Gasteiger partial charge in [0.05, 0.1) is 12.5 Å². The molecular formula is C14H23NO2. The van der Waals surface area contributed by atoms with Crippen LogP contribution >= 0.6 is 0 Å². The van der Waals surface area contributed by atoms with Gasteiger partial charge in [-0.3, -0.25) is 4.79 Å². The zero-order valence-corrected chi connectivity index (χ0v) is 11.2. The molecule has 1 aliphatic carbocycles. The van der Waals surface area contributed by atoms with Crippen molar-refractivity contribution in [1.29, 1.82) is 0 Å². The van der Waals surface area contributed by atoms with E-state index >= 15 is 0 Å². The number of carbonyl (C=O) groups is 1. The lowest BCUT2D eigenvalue weighted by atomic mass is 10.00. The zero-order valence-electron chi connectivity index (χ0n) is 11.2. The fourth-order valence-corrected chi connectivity index (χ4v) is 1.58. The van der Waals surface area contributed by atoms with Crippen molar-refractivity contribution < 1.29 is 9.53 Å². The van der Waals surface area contributed by atoms with E-state index in [9.17, 15) is 4.79 Å². The van der Waals surface area contributed by atoms with Crippen molar-refractivity contribution in [3.8, 4) is 0 Å². The van der Waals surface area contributed by atoms with E-state index in [0.29, 0.717) is 18.6 Å². The molecule has 1 rings (SSSR count). The molecule has 0 aliphatic heterocycles. The molecule has 0 aromatic carbocycles. The van der Waals surface area contributed by atoms with Gasteiger partial charge in [0.2, 0.25) is 0 Å². The molecule has 1 unspecified atom stereocenters. The number of carbonyl (C=O) groups excluding carboxylic acids is 1. The fourth-order valence-electron chi connectivity index (χ4n) is 1.58. The maximum atomic E-state index is 11.3. The van der Waals surface area contributed by atoms with Crippen LogP contribution in [0, 0.1) is 11.8 Å². The van der Waals surface area contributed by atoms with E-state index in [2.05, 4.69) is 37.4 Å². The summed E-state index contributed by atoms with van der Waals surface area (Å²) in [7, 11) is 0. The van der Waals surface area contributed by atoms with Gasteiger partial charge in [-0.15, -0.1) is 0 Å². The Bertz CT molecular complexity index is 316. The summed E-state index contributed by atoms with van der Waals surface area (Å²) in [6.45, 7) is 8.42. The van der Waals surface area contributed by atoms with Crippen molar-refractivity contribution in [1.82, 2.24) is 5.32 Å². The molecule has 0 heterocycles. The van der Waals surface area contributed by atoms with Crippen LogP contribution in [-0.4, -0.2) is 18.6 Å². The number of esters is 1. The molecule has 3 nitrogen and oxygen atoms in total. The molecule has 0 amide bonds. The van der Waals surface area contributed by atoms with Crippen LogP contribution < -0.4 is 5.32 Å². The summed E-state index contributed by atoms with van der Waals surface area (Å²) >= 11 is 0. The molecule has 1 N–H and O–H groups in total. The number of nitrogens with one attached hydrogen (secondary N) is 1. The van der Waals surface area contributed by atoms with Crippen molar-refractivity contribution in [3.05, 3.63) is 23.9 Å². The minimum absolute atomic E-state index is 0.0451. The fraction of sp³-hybridized carbons (Fsp3) is 0.643. The number of hydrogen-bond acceptors (Lipinski definition) is 3. The standard InChI is InChI=1S/C14H23NO2/c1-10(2)14(16)17-9-12-5-7-13(8-6-12)15-11(3)4/h5,7-8,10-12,15H,6,9H2,1-4H3. The van der Waals surface area contributed by atoms with Crippen LogP contribution in [0.1, 0.15) is 34.1 Å². The van der Waals surface area contributed by atoms with Gasteiger partial charge in [-0.1, -0.05) is 26.0 Å². The van der Waals surface area contributed by atoms with Crippen molar-refractivity contribution in [2.24, 2.45) is 11.8 Å². The Kier molecular flexibility index (Phi) is 5.26. The van der Waals surface area contributed by atoms with E-state index in [1.807, 2.05) is 13.8 Å². The minimum Gasteiger partial charge on any atom is -0.465 e. The summed E-state index contributed by atoms with van der Waals surface area (Å²) in [6.07, 6.45) is 7.26. The molecular weight excluding hydrogens is 214 g/mol. The Morgan fingerprint density at radius 1 is 1.47 bits per heavy atom. The molecule has 96 valence electrons. The second-order valence-corrected chi connectivity index (χ2v) is 5.10. The van der Waals surface area contributed by atoms with Crippen molar-refractivity contribution in [2.45, 2.75) is 40.2 Å². The summed E-state index contributed by atoms with van der Waals surface area (Å²) in [5, 5.41) is 3.35. The highest BCUT2D eigenvalue weighted by atomic mass is 16.5. The topological polar surface area (TPSA) is 38.3 Å². The van der Waals surface area contributed by atoms with Gasteiger partial charge in [-0.2, -0.15) is 0 Å². The largest absolute Gasteiger partial charge is 0.465 e. The first-order chi connectivity index (χ1) is 7.99.